The van der Waals surface area contributed by atoms with E-state index in [1.165, 1.54) is 18.2 Å². The van der Waals surface area contributed by atoms with Crippen molar-refractivity contribution in [2.24, 2.45) is 0 Å². The molecule has 0 nitrogen and oxygen atoms in total. The van der Waals surface area contributed by atoms with E-state index in [0.717, 1.165) is 12.1 Å². The van der Waals surface area contributed by atoms with E-state index < -0.39 is 61.2 Å². The third kappa shape index (κ3) is 5.75. The highest BCUT2D eigenvalue weighted by Crippen LogP contribution is 3.02. The SMILES string of the molecule is C=CCCC(F)=C(F)c1ccc(-c2cc(F)c(-c3cc(F)c(S(F)(F)(F)(F)F)c(F)c3)c(F)c2)cc1. The summed E-state index contributed by atoms with van der Waals surface area (Å²) in [4.78, 5) is -3.42. The number of hydrogen-bond donors (Lipinski definition) is 0. The van der Waals surface area contributed by atoms with Crippen LogP contribution in [0.5, 0.6) is 0 Å². The lowest BCUT2D eigenvalue weighted by Gasteiger charge is -2.40. The lowest BCUT2D eigenvalue weighted by Crippen LogP contribution is -2.12. The number of halogens is 11. The summed E-state index contributed by atoms with van der Waals surface area (Å²) in [5, 5.41) is 0. The monoisotopic (exact) mass is 544 g/mol. The zero-order valence-corrected chi connectivity index (χ0v) is 18.7. The van der Waals surface area contributed by atoms with Gasteiger partial charge in [-0.3, -0.25) is 0 Å². The molecule has 36 heavy (non-hydrogen) atoms. The Balaban J connectivity index is 2.02. The number of allylic oxidation sites excluding steroid dienone is 2. The van der Waals surface area contributed by atoms with Crippen LogP contribution in [0.25, 0.3) is 28.1 Å². The molecule has 0 heterocycles. The van der Waals surface area contributed by atoms with Crippen molar-refractivity contribution >= 4 is 16.1 Å². The van der Waals surface area contributed by atoms with E-state index in [2.05, 4.69) is 6.58 Å². The summed E-state index contributed by atoms with van der Waals surface area (Å²) in [7, 11) is -10.8. The molecule has 12 heteroatoms. The van der Waals surface area contributed by atoms with Crippen molar-refractivity contribution in [3.63, 3.8) is 0 Å². The van der Waals surface area contributed by atoms with Crippen LogP contribution in [0.3, 0.4) is 0 Å². The molecule has 0 aliphatic carbocycles. The van der Waals surface area contributed by atoms with Gasteiger partial charge in [0.25, 0.3) is 0 Å². The Labute approximate surface area is 198 Å². The summed E-state index contributed by atoms with van der Waals surface area (Å²) >= 11 is 0. The highest BCUT2D eigenvalue weighted by molar-refractivity contribution is 8.45. The van der Waals surface area contributed by atoms with Gasteiger partial charge in [0.2, 0.25) is 0 Å². The average molecular weight is 544 g/mol. The van der Waals surface area contributed by atoms with Crippen molar-refractivity contribution < 1.29 is 45.8 Å². The van der Waals surface area contributed by atoms with Gasteiger partial charge in [-0.25, -0.2) is 26.3 Å². The van der Waals surface area contributed by atoms with Gasteiger partial charge in [-0.2, -0.15) is 0 Å². The Morgan fingerprint density at radius 1 is 0.694 bits per heavy atom. The summed E-state index contributed by atoms with van der Waals surface area (Å²) in [6.07, 6.45) is 1.37. The van der Waals surface area contributed by atoms with Gasteiger partial charge in [-0.1, -0.05) is 49.8 Å². The summed E-state index contributed by atoms with van der Waals surface area (Å²) < 4.78 is 150. The normalized spacial score (nSPS) is 14.6. The Bertz CT molecular complexity index is 1330. The Kier molecular flexibility index (Phi) is 6.59. The van der Waals surface area contributed by atoms with Gasteiger partial charge >= 0.3 is 10.2 Å². The minimum absolute atomic E-state index is 0.107. The van der Waals surface area contributed by atoms with Crippen molar-refractivity contribution in [3.05, 3.63) is 95.8 Å². The molecule has 0 aromatic heterocycles. The molecule has 0 atom stereocenters. The molecule has 0 saturated carbocycles. The second kappa shape index (κ2) is 8.68. The quantitative estimate of drug-likeness (QED) is 0.205. The summed E-state index contributed by atoms with van der Waals surface area (Å²) in [6, 6.07) is 5.50. The van der Waals surface area contributed by atoms with Crippen molar-refractivity contribution in [3.8, 4) is 22.3 Å². The Hall–Kier alpha value is -3.28. The van der Waals surface area contributed by atoms with Crippen LogP contribution in [0, 0.1) is 23.3 Å². The lowest BCUT2D eigenvalue weighted by molar-refractivity contribution is 0.345. The van der Waals surface area contributed by atoms with Crippen molar-refractivity contribution in [1.29, 1.82) is 0 Å². The zero-order chi connectivity index (χ0) is 27.1. The van der Waals surface area contributed by atoms with Crippen LogP contribution in [0.15, 0.2) is 71.9 Å². The van der Waals surface area contributed by atoms with E-state index in [9.17, 15) is 45.8 Å². The molecule has 0 unspecified atom stereocenters. The van der Waals surface area contributed by atoms with E-state index in [-0.39, 0.29) is 41.7 Å². The molecular weight excluding hydrogens is 529 g/mol. The molecule has 0 amide bonds. The molecule has 0 bridgehead atoms. The van der Waals surface area contributed by atoms with Crippen LogP contribution in [-0.2, 0) is 0 Å². The molecule has 3 aromatic rings. The van der Waals surface area contributed by atoms with Crippen LogP contribution in [0.1, 0.15) is 18.4 Å². The summed E-state index contributed by atoms with van der Waals surface area (Å²) in [5.74, 6) is -10.6. The van der Waals surface area contributed by atoms with Crippen LogP contribution in [-0.4, -0.2) is 0 Å². The van der Waals surface area contributed by atoms with E-state index in [4.69, 9.17) is 0 Å². The van der Waals surface area contributed by atoms with Gasteiger partial charge in [-0.15, -0.1) is 6.58 Å². The first-order valence-electron chi connectivity index (χ1n) is 9.91. The first kappa shape index (κ1) is 27.3. The number of benzene rings is 3. The minimum atomic E-state index is -10.8. The molecule has 0 radical (unpaired) electrons. The first-order valence-corrected chi connectivity index (χ1v) is 11.9. The molecule has 194 valence electrons. The largest absolute Gasteiger partial charge is 0.315 e. The summed E-state index contributed by atoms with van der Waals surface area (Å²) in [6.45, 7) is 3.39. The van der Waals surface area contributed by atoms with Crippen molar-refractivity contribution in [1.82, 2.24) is 0 Å². The van der Waals surface area contributed by atoms with Crippen molar-refractivity contribution in [2.45, 2.75) is 17.7 Å². The second-order valence-electron chi connectivity index (χ2n) is 7.68. The van der Waals surface area contributed by atoms with E-state index >= 15 is 0 Å². The fourth-order valence-electron chi connectivity index (χ4n) is 3.39. The zero-order valence-electron chi connectivity index (χ0n) is 17.9. The molecule has 0 saturated heterocycles. The molecular formula is C24H15F11S. The number of rotatable bonds is 7. The lowest BCUT2D eigenvalue weighted by atomic mass is 9.98. The van der Waals surface area contributed by atoms with Crippen LogP contribution < -0.4 is 0 Å². The Morgan fingerprint density at radius 3 is 1.61 bits per heavy atom. The third-order valence-corrected chi connectivity index (χ3v) is 6.15. The highest BCUT2D eigenvalue weighted by Gasteiger charge is 2.68. The standard InChI is InChI=1S/C24H15F11S/c1-2-3-4-17(25)23(30)14-7-5-13(6-8-14)15-9-18(26)22(19(27)10-15)16-11-20(28)24(21(29)12-16)36(31,32,33,34)35/h2,5-12H,1,3-4H2. The summed E-state index contributed by atoms with van der Waals surface area (Å²) in [5.41, 5.74) is -2.47. The molecule has 3 rings (SSSR count). The van der Waals surface area contributed by atoms with Gasteiger partial charge in [0.15, 0.2) is 10.7 Å². The molecule has 3 aromatic carbocycles. The molecule has 0 aliphatic heterocycles. The van der Waals surface area contributed by atoms with Crippen LogP contribution >= 0.6 is 10.2 Å². The molecule has 0 fully saturated rings. The van der Waals surface area contributed by atoms with E-state index in [1.54, 1.807) is 0 Å². The van der Waals surface area contributed by atoms with Gasteiger partial charge in [0.05, 0.1) is 5.56 Å². The van der Waals surface area contributed by atoms with E-state index in [1.807, 2.05) is 0 Å². The molecule has 0 N–H and O–H groups in total. The maximum atomic E-state index is 14.7. The van der Waals surface area contributed by atoms with Crippen LogP contribution in [0.4, 0.5) is 45.8 Å². The number of hydrogen-bond acceptors (Lipinski definition) is 0. The predicted octanol–water partition coefficient (Wildman–Crippen LogP) is 10.8. The maximum absolute atomic E-state index is 14.7. The van der Waals surface area contributed by atoms with Gasteiger partial charge < -0.3 is 0 Å². The van der Waals surface area contributed by atoms with Crippen molar-refractivity contribution in [2.75, 3.05) is 0 Å². The predicted molar refractivity (Wildman–Crippen MR) is 117 cm³/mol. The minimum Gasteiger partial charge on any atom is -0.209 e. The van der Waals surface area contributed by atoms with Crippen LogP contribution in [0.2, 0.25) is 0 Å². The molecule has 0 aliphatic rings. The fraction of sp³-hybridized carbons (Fsp3) is 0.0833. The smallest absolute Gasteiger partial charge is 0.209 e. The Morgan fingerprint density at radius 2 is 1.17 bits per heavy atom. The topological polar surface area (TPSA) is 0 Å². The first-order chi connectivity index (χ1) is 16.4. The van der Waals surface area contributed by atoms with Gasteiger partial charge in [-0.05, 0) is 47.4 Å². The average Bonchev–Trinajstić information content (AvgIpc) is 2.74. The fourth-order valence-corrected chi connectivity index (χ4v) is 4.25. The molecule has 0 spiro atoms. The highest BCUT2D eigenvalue weighted by atomic mass is 32.5. The third-order valence-electron chi connectivity index (χ3n) is 4.99. The van der Waals surface area contributed by atoms with E-state index in [0.29, 0.717) is 12.1 Å². The second-order valence-corrected chi connectivity index (χ2v) is 10.0. The van der Waals surface area contributed by atoms with Gasteiger partial charge in [0, 0.05) is 12.0 Å². The van der Waals surface area contributed by atoms with Gasteiger partial charge in [0.1, 0.15) is 29.1 Å². The maximum Gasteiger partial charge on any atom is 0.315 e.